The zero-order valence-corrected chi connectivity index (χ0v) is 4.72. The zero-order valence-electron chi connectivity index (χ0n) is 4.72. The summed E-state index contributed by atoms with van der Waals surface area (Å²) in [7, 11) is 0. The Bertz CT molecular complexity index is 167. The van der Waals surface area contributed by atoms with Crippen molar-refractivity contribution < 1.29 is 4.79 Å². The van der Waals surface area contributed by atoms with Crippen LogP contribution in [0.15, 0.2) is 16.6 Å². The Balaban J connectivity index is 2.74. The van der Waals surface area contributed by atoms with Crippen molar-refractivity contribution in [3.63, 3.8) is 0 Å². The maximum Gasteiger partial charge on any atom is 0.269 e. The van der Waals surface area contributed by atoms with Gasteiger partial charge in [0.15, 0.2) is 0 Å². The number of rotatable bonds is 0. The number of amides is 1. The number of hydrogen-bond donors (Lipinski definition) is 0. The van der Waals surface area contributed by atoms with E-state index >= 15 is 0 Å². The molecule has 1 aliphatic rings. The molecule has 0 aliphatic carbocycles. The topological polar surface area (TPSA) is 29.4 Å². The molecule has 2 nitrogen and oxygen atoms in total. The second-order valence-corrected chi connectivity index (χ2v) is 1.84. The Morgan fingerprint density at radius 2 is 2.50 bits per heavy atom. The quantitative estimate of drug-likeness (QED) is 0.455. The predicted molar refractivity (Wildman–Crippen MR) is 31.9 cm³/mol. The van der Waals surface area contributed by atoms with E-state index in [2.05, 4.69) is 4.99 Å². The van der Waals surface area contributed by atoms with Crippen molar-refractivity contribution in [3.8, 4) is 0 Å². The largest absolute Gasteiger partial charge is 0.269 e. The van der Waals surface area contributed by atoms with Crippen LogP contribution in [0, 0.1) is 0 Å². The van der Waals surface area contributed by atoms with Gasteiger partial charge in [-0.3, -0.25) is 4.79 Å². The number of aliphatic imine (C=N–C) groups is 1. The molecule has 0 radical (unpaired) electrons. The van der Waals surface area contributed by atoms with Crippen LogP contribution in [0.2, 0.25) is 0 Å². The first-order valence-electron chi connectivity index (χ1n) is 2.53. The second-order valence-electron chi connectivity index (χ2n) is 1.84. The van der Waals surface area contributed by atoms with Crippen molar-refractivity contribution >= 4 is 12.1 Å². The molecule has 1 heterocycles. The molecule has 0 aromatic rings. The summed E-state index contributed by atoms with van der Waals surface area (Å²) in [5.41, 5.74) is 1.09. The van der Waals surface area contributed by atoms with Crippen LogP contribution in [-0.2, 0) is 4.79 Å². The fraction of sp³-hybridized carbons (Fsp3) is 0.333. The van der Waals surface area contributed by atoms with Crippen LogP contribution in [0.3, 0.4) is 0 Å². The molecule has 0 spiro atoms. The summed E-state index contributed by atoms with van der Waals surface area (Å²) in [4.78, 5) is 13.9. The van der Waals surface area contributed by atoms with E-state index in [0.717, 1.165) is 12.0 Å². The van der Waals surface area contributed by atoms with Crippen LogP contribution in [-0.4, -0.2) is 12.1 Å². The Morgan fingerprint density at radius 1 is 1.75 bits per heavy atom. The maximum atomic E-state index is 10.4. The van der Waals surface area contributed by atoms with Gasteiger partial charge >= 0.3 is 0 Å². The predicted octanol–water partition coefficient (Wildman–Crippen LogP) is 0.934. The summed E-state index contributed by atoms with van der Waals surface area (Å²) in [6.07, 6.45) is 4.02. The van der Waals surface area contributed by atoms with Gasteiger partial charge in [-0.25, -0.2) is 4.99 Å². The molecule has 1 aliphatic heterocycles. The minimum absolute atomic E-state index is 0.131. The molecule has 1 rings (SSSR count). The molecule has 0 saturated heterocycles. The summed E-state index contributed by atoms with van der Waals surface area (Å²) in [6, 6.07) is 0. The molecule has 0 unspecified atom stereocenters. The van der Waals surface area contributed by atoms with Crippen LogP contribution < -0.4 is 0 Å². The van der Waals surface area contributed by atoms with Crippen molar-refractivity contribution in [2.75, 3.05) is 0 Å². The number of dihydropyridines is 1. The lowest BCUT2D eigenvalue weighted by Crippen LogP contribution is -1.96. The standard InChI is InChI=1S/C6H7NO/c1-5-2-3-7-6(8)4-5/h3-4H,2H2,1H3. The maximum absolute atomic E-state index is 10.4. The molecule has 0 fully saturated rings. The van der Waals surface area contributed by atoms with Crippen LogP contribution >= 0.6 is 0 Å². The molecule has 1 amide bonds. The van der Waals surface area contributed by atoms with Gasteiger partial charge in [0, 0.05) is 18.7 Å². The summed E-state index contributed by atoms with van der Waals surface area (Å²) >= 11 is 0. The molecule has 0 saturated carbocycles. The van der Waals surface area contributed by atoms with E-state index in [9.17, 15) is 4.79 Å². The van der Waals surface area contributed by atoms with Gasteiger partial charge in [0.2, 0.25) is 0 Å². The Labute approximate surface area is 47.9 Å². The first-order chi connectivity index (χ1) is 3.79. The van der Waals surface area contributed by atoms with Crippen LogP contribution in [0.4, 0.5) is 0 Å². The molecular weight excluding hydrogens is 102 g/mol. The third-order valence-corrected chi connectivity index (χ3v) is 1.00. The number of allylic oxidation sites excluding steroid dienone is 1. The van der Waals surface area contributed by atoms with Crippen molar-refractivity contribution in [1.29, 1.82) is 0 Å². The normalized spacial score (nSPS) is 18.6. The molecule has 2 heteroatoms. The van der Waals surface area contributed by atoms with Gasteiger partial charge in [-0.15, -0.1) is 0 Å². The average molecular weight is 109 g/mol. The Morgan fingerprint density at radius 3 is 2.88 bits per heavy atom. The average Bonchev–Trinajstić information content (AvgIpc) is 1.64. The second kappa shape index (κ2) is 1.90. The molecular formula is C6H7NO. The van der Waals surface area contributed by atoms with E-state index in [4.69, 9.17) is 0 Å². The number of hydrogen-bond acceptors (Lipinski definition) is 1. The van der Waals surface area contributed by atoms with Crippen LogP contribution in [0.1, 0.15) is 13.3 Å². The van der Waals surface area contributed by atoms with Gasteiger partial charge in [0.25, 0.3) is 5.91 Å². The third kappa shape index (κ3) is 1.03. The van der Waals surface area contributed by atoms with Crippen molar-refractivity contribution in [2.45, 2.75) is 13.3 Å². The minimum atomic E-state index is -0.131. The van der Waals surface area contributed by atoms with Gasteiger partial charge in [0.05, 0.1) is 0 Å². The van der Waals surface area contributed by atoms with E-state index in [1.165, 1.54) is 0 Å². The Kier molecular flexibility index (Phi) is 1.24. The molecule has 0 N–H and O–H groups in total. The highest BCUT2D eigenvalue weighted by molar-refractivity contribution is 5.97. The molecule has 0 aromatic heterocycles. The number of carbonyl (C=O) groups excluding carboxylic acids is 1. The van der Waals surface area contributed by atoms with E-state index in [-0.39, 0.29) is 5.91 Å². The van der Waals surface area contributed by atoms with E-state index in [1.54, 1.807) is 12.3 Å². The summed E-state index contributed by atoms with van der Waals surface area (Å²) in [5, 5.41) is 0. The van der Waals surface area contributed by atoms with Gasteiger partial charge in [-0.05, 0) is 6.92 Å². The third-order valence-electron chi connectivity index (χ3n) is 1.00. The fourth-order valence-electron chi connectivity index (χ4n) is 0.587. The summed E-state index contributed by atoms with van der Waals surface area (Å²) in [6.45, 7) is 1.92. The van der Waals surface area contributed by atoms with E-state index in [0.29, 0.717) is 0 Å². The molecule has 0 atom stereocenters. The fourth-order valence-corrected chi connectivity index (χ4v) is 0.587. The summed E-state index contributed by atoms with van der Waals surface area (Å²) < 4.78 is 0. The number of carbonyl (C=O) groups is 1. The van der Waals surface area contributed by atoms with E-state index in [1.807, 2.05) is 6.92 Å². The SMILES string of the molecule is CC1=CC(=O)N=CC1. The van der Waals surface area contributed by atoms with Crippen LogP contribution in [0.5, 0.6) is 0 Å². The molecule has 0 bridgehead atoms. The first kappa shape index (κ1) is 5.22. The monoisotopic (exact) mass is 109 g/mol. The van der Waals surface area contributed by atoms with Gasteiger partial charge in [-0.1, -0.05) is 5.57 Å². The lowest BCUT2D eigenvalue weighted by molar-refractivity contribution is -0.113. The highest BCUT2D eigenvalue weighted by atomic mass is 16.1. The molecule has 0 aromatic carbocycles. The lowest BCUT2D eigenvalue weighted by Gasteiger charge is -1.96. The Hall–Kier alpha value is -0.920. The van der Waals surface area contributed by atoms with Crippen molar-refractivity contribution in [3.05, 3.63) is 11.6 Å². The van der Waals surface area contributed by atoms with Crippen molar-refractivity contribution in [1.82, 2.24) is 0 Å². The number of nitrogens with zero attached hydrogens (tertiary/aromatic N) is 1. The molecule has 42 valence electrons. The molecule has 8 heavy (non-hydrogen) atoms. The first-order valence-corrected chi connectivity index (χ1v) is 2.53. The minimum Gasteiger partial charge on any atom is -0.267 e. The van der Waals surface area contributed by atoms with Crippen LogP contribution in [0.25, 0.3) is 0 Å². The van der Waals surface area contributed by atoms with Gasteiger partial charge < -0.3 is 0 Å². The van der Waals surface area contributed by atoms with E-state index < -0.39 is 0 Å². The zero-order chi connectivity index (χ0) is 5.98. The highest BCUT2D eigenvalue weighted by Crippen LogP contribution is 2.01. The van der Waals surface area contributed by atoms with Crippen molar-refractivity contribution in [2.24, 2.45) is 4.99 Å². The highest BCUT2D eigenvalue weighted by Gasteiger charge is 1.98. The smallest absolute Gasteiger partial charge is 0.267 e. The lowest BCUT2D eigenvalue weighted by atomic mass is 10.2. The van der Waals surface area contributed by atoms with Gasteiger partial charge in [0.1, 0.15) is 0 Å². The summed E-state index contributed by atoms with van der Waals surface area (Å²) in [5.74, 6) is -0.131. The van der Waals surface area contributed by atoms with Gasteiger partial charge in [-0.2, -0.15) is 0 Å².